The van der Waals surface area contributed by atoms with Gasteiger partial charge in [-0.05, 0) is 107 Å². The van der Waals surface area contributed by atoms with Crippen molar-refractivity contribution in [2.45, 2.75) is 0 Å². The molecule has 4 aromatic heterocycles. The minimum atomic E-state index is 0.872. The topological polar surface area (TPSA) is 27.9 Å². The number of para-hydroxylation sites is 4. The van der Waals surface area contributed by atoms with Crippen LogP contribution in [0.1, 0.15) is 0 Å². The van der Waals surface area contributed by atoms with Gasteiger partial charge >= 0.3 is 0 Å². The number of rotatable bonds is 5. The Kier molecular flexibility index (Phi) is 7.36. The summed E-state index contributed by atoms with van der Waals surface area (Å²) < 4.78 is 13.9. The highest BCUT2D eigenvalue weighted by Gasteiger charge is 2.21. The van der Waals surface area contributed by atoms with Crippen LogP contribution in [0.25, 0.3) is 127 Å². The molecule has 0 atom stereocenters. The highest BCUT2D eigenvalue weighted by molar-refractivity contribution is 6.16. The lowest BCUT2D eigenvalue weighted by atomic mass is 9.99. The molecule has 0 aliphatic heterocycles. The quantitative estimate of drug-likeness (QED) is 0.170. The largest absolute Gasteiger partial charge is 0.456 e. The van der Waals surface area contributed by atoms with Crippen LogP contribution in [0.3, 0.4) is 0 Å². The van der Waals surface area contributed by atoms with Gasteiger partial charge in [0.25, 0.3) is 0 Å². The average molecular weight is 816 g/mol. The van der Waals surface area contributed by atoms with Crippen molar-refractivity contribution in [1.29, 1.82) is 0 Å². The molecule has 0 unspecified atom stereocenters. The van der Waals surface area contributed by atoms with Crippen LogP contribution in [0.2, 0.25) is 0 Å². The molecule has 0 aliphatic carbocycles. The highest BCUT2D eigenvalue weighted by Crippen LogP contribution is 2.42. The van der Waals surface area contributed by atoms with Crippen LogP contribution in [-0.4, -0.2) is 13.7 Å². The second kappa shape index (κ2) is 13.4. The molecule has 14 aromatic rings. The van der Waals surface area contributed by atoms with Gasteiger partial charge in [-0.3, -0.25) is 0 Å². The molecule has 0 aliphatic rings. The summed E-state index contributed by atoms with van der Waals surface area (Å²) in [5.74, 6) is 0. The first-order valence-corrected chi connectivity index (χ1v) is 21.9. The molecule has 4 nitrogen and oxygen atoms in total. The van der Waals surface area contributed by atoms with Crippen molar-refractivity contribution in [3.8, 4) is 39.3 Å². The molecule has 0 saturated heterocycles. The van der Waals surface area contributed by atoms with E-state index in [-0.39, 0.29) is 0 Å². The summed E-state index contributed by atoms with van der Waals surface area (Å²) in [6, 6.07) is 81.4. The van der Waals surface area contributed by atoms with E-state index in [4.69, 9.17) is 4.42 Å². The lowest BCUT2D eigenvalue weighted by Gasteiger charge is -2.12. The zero-order chi connectivity index (χ0) is 41.9. The van der Waals surface area contributed by atoms with Crippen LogP contribution in [0.15, 0.2) is 229 Å². The number of furan rings is 1. The van der Waals surface area contributed by atoms with Gasteiger partial charge in [0.15, 0.2) is 0 Å². The molecule has 0 spiro atoms. The first-order chi connectivity index (χ1) is 31.7. The summed E-state index contributed by atoms with van der Waals surface area (Å²) in [5, 5.41) is 9.60. The zero-order valence-electron chi connectivity index (χ0n) is 34.6. The van der Waals surface area contributed by atoms with Gasteiger partial charge in [-0.2, -0.15) is 0 Å². The van der Waals surface area contributed by atoms with Crippen molar-refractivity contribution in [2.75, 3.05) is 0 Å². The fourth-order valence-corrected chi connectivity index (χ4v) is 10.6. The van der Waals surface area contributed by atoms with E-state index in [1.54, 1.807) is 0 Å². The van der Waals surface area contributed by atoms with Gasteiger partial charge in [0.05, 0.1) is 44.2 Å². The summed E-state index contributed by atoms with van der Waals surface area (Å²) >= 11 is 0. The Morgan fingerprint density at radius 1 is 0.250 bits per heavy atom. The van der Waals surface area contributed by atoms with Gasteiger partial charge < -0.3 is 18.1 Å². The fraction of sp³-hybridized carbons (Fsp3) is 0. The van der Waals surface area contributed by atoms with E-state index in [0.717, 1.165) is 61.2 Å². The van der Waals surface area contributed by atoms with E-state index < -0.39 is 0 Å². The summed E-state index contributed by atoms with van der Waals surface area (Å²) in [5.41, 5.74) is 16.9. The van der Waals surface area contributed by atoms with Gasteiger partial charge in [-0.1, -0.05) is 140 Å². The van der Waals surface area contributed by atoms with E-state index in [1.165, 1.54) is 65.5 Å². The first kappa shape index (κ1) is 35.0. The smallest absolute Gasteiger partial charge is 0.137 e. The predicted octanol–water partition coefficient (Wildman–Crippen LogP) is 16.2. The Balaban J connectivity index is 0.918. The van der Waals surface area contributed by atoms with Crippen molar-refractivity contribution in [3.63, 3.8) is 0 Å². The molecule has 4 heterocycles. The van der Waals surface area contributed by atoms with E-state index in [0.29, 0.717) is 0 Å². The molecule has 4 heteroatoms. The molecule has 298 valence electrons. The summed E-state index contributed by atoms with van der Waals surface area (Å²) in [4.78, 5) is 0. The van der Waals surface area contributed by atoms with Crippen LogP contribution in [0.5, 0.6) is 0 Å². The lowest BCUT2D eigenvalue weighted by Crippen LogP contribution is -1.97. The second-order valence-electron chi connectivity index (χ2n) is 16.9. The Bertz CT molecular complexity index is 4130. The Morgan fingerprint density at radius 2 is 0.688 bits per heavy atom. The third-order valence-corrected chi connectivity index (χ3v) is 13.5. The Hall–Kier alpha value is -8.60. The second-order valence-corrected chi connectivity index (χ2v) is 16.9. The molecule has 14 rings (SSSR count). The zero-order valence-corrected chi connectivity index (χ0v) is 34.6. The normalized spacial score (nSPS) is 12.1. The minimum absolute atomic E-state index is 0.872. The maximum absolute atomic E-state index is 6.68. The predicted molar refractivity (Wildman–Crippen MR) is 268 cm³/mol. The van der Waals surface area contributed by atoms with Gasteiger partial charge in [-0.25, -0.2) is 0 Å². The maximum Gasteiger partial charge on any atom is 0.137 e. The van der Waals surface area contributed by atoms with Gasteiger partial charge in [-0.15, -0.1) is 0 Å². The molecule has 10 aromatic carbocycles. The number of fused-ring (bicyclic) bond motifs is 12. The molecule has 0 amide bonds. The Labute approximate surface area is 367 Å². The molecule has 64 heavy (non-hydrogen) atoms. The summed E-state index contributed by atoms with van der Waals surface area (Å²) in [7, 11) is 0. The highest BCUT2D eigenvalue weighted by atomic mass is 16.3. The van der Waals surface area contributed by atoms with Crippen molar-refractivity contribution >= 4 is 87.4 Å². The fourth-order valence-electron chi connectivity index (χ4n) is 10.6. The SMILES string of the molecule is c1ccc(-c2ccc(-c3ccc4c(c3)oc3cccc(-n5c6ccccc6c6cc(-n7c8ccccc8c8cc(-n9c%10ccccc%10c%10ccccc%109)ccc87)ccc65)c34)cc2)cc1. The van der Waals surface area contributed by atoms with Crippen LogP contribution in [0, 0.1) is 0 Å². The molecule has 0 bridgehead atoms. The van der Waals surface area contributed by atoms with Crippen LogP contribution in [0.4, 0.5) is 0 Å². The van der Waals surface area contributed by atoms with Crippen LogP contribution >= 0.6 is 0 Å². The van der Waals surface area contributed by atoms with Crippen molar-refractivity contribution in [2.24, 2.45) is 0 Å². The molecule has 0 radical (unpaired) electrons. The van der Waals surface area contributed by atoms with Crippen molar-refractivity contribution < 1.29 is 4.42 Å². The van der Waals surface area contributed by atoms with Crippen molar-refractivity contribution in [3.05, 3.63) is 224 Å². The number of hydrogen-bond donors (Lipinski definition) is 0. The molecule has 0 fully saturated rings. The van der Waals surface area contributed by atoms with Gasteiger partial charge in [0.2, 0.25) is 0 Å². The molecule has 0 N–H and O–H groups in total. The monoisotopic (exact) mass is 815 g/mol. The number of nitrogens with zero attached hydrogens (tertiary/aromatic N) is 3. The van der Waals surface area contributed by atoms with E-state index >= 15 is 0 Å². The van der Waals surface area contributed by atoms with Gasteiger partial charge in [0, 0.05) is 49.1 Å². The van der Waals surface area contributed by atoms with Crippen molar-refractivity contribution in [1.82, 2.24) is 13.7 Å². The van der Waals surface area contributed by atoms with E-state index in [9.17, 15) is 0 Å². The summed E-state index contributed by atoms with van der Waals surface area (Å²) in [6.45, 7) is 0. The standard InChI is InChI=1S/C60H37N3O/c1-2-13-38(14-3-1)39-25-27-40(28-26-39)41-29-32-48-59(35-41)64-58-24-12-23-57(60(48)58)63-54-22-11-7-18-47(54)50-37-43(31-34-56(50)63)62-53-21-10-6-17-46(53)49-36-42(30-33-55(49)62)61-51-19-8-4-15-44(51)45-16-5-9-20-52(45)61/h1-37H. The van der Waals surface area contributed by atoms with Gasteiger partial charge in [0.1, 0.15) is 11.2 Å². The Morgan fingerprint density at radius 3 is 1.27 bits per heavy atom. The molecular weight excluding hydrogens is 779 g/mol. The third kappa shape index (κ3) is 5.05. The summed E-state index contributed by atoms with van der Waals surface area (Å²) in [6.07, 6.45) is 0. The van der Waals surface area contributed by atoms with E-state index in [2.05, 4.69) is 238 Å². The minimum Gasteiger partial charge on any atom is -0.456 e. The maximum atomic E-state index is 6.68. The molecular formula is C60H37N3O. The number of hydrogen-bond acceptors (Lipinski definition) is 1. The number of aromatic nitrogens is 3. The molecule has 0 saturated carbocycles. The lowest BCUT2D eigenvalue weighted by molar-refractivity contribution is 0.669. The van der Waals surface area contributed by atoms with Crippen LogP contribution in [-0.2, 0) is 0 Å². The first-order valence-electron chi connectivity index (χ1n) is 21.9. The number of benzene rings is 10. The third-order valence-electron chi connectivity index (χ3n) is 13.5. The van der Waals surface area contributed by atoms with E-state index in [1.807, 2.05) is 0 Å². The van der Waals surface area contributed by atoms with Crippen LogP contribution < -0.4 is 0 Å². The average Bonchev–Trinajstić information content (AvgIpc) is 4.10.